The molecule has 0 bridgehead atoms. The zero-order valence-corrected chi connectivity index (χ0v) is 14.5. The third-order valence-corrected chi connectivity index (χ3v) is 4.41. The lowest BCUT2D eigenvalue weighted by Crippen LogP contribution is -2.52. The first-order chi connectivity index (χ1) is 9.88. The van der Waals surface area contributed by atoms with Crippen molar-refractivity contribution in [3.63, 3.8) is 0 Å². The molecule has 1 rings (SSSR count). The second kappa shape index (κ2) is 7.90. The summed E-state index contributed by atoms with van der Waals surface area (Å²) in [5.74, 6) is -0.119. The zero-order valence-electron chi connectivity index (χ0n) is 14.5. The summed E-state index contributed by atoms with van der Waals surface area (Å²) in [6.45, 7) is 15.7. The summed E-state index contributed by atoms with van der Waals surface area (Å²) < 4.78 is 14.0. The van der Waals surface area contributed by atoms with Crippen molar-refractivity contribution >= 4 is 0 Å². The lowest BCUT2D eigenvalue weighted by atomic mass is 9.86. The molecule has 21 heavy (non-hydrogen) atoms. The average Bonchev–Trinajstić information content (AvgIpc) is 2.43. The van der Waals surface area contributed by atoms with E-state index in [4.69, 9.17) is 0 Å². The van der Waals surface area contributed by atoms with Crippen molar-refractivity contribution in [2.45, 2.75) is 59.5 Å². The Kier molecular flexibility index (Phi) is 6.82. The van der Waals surface area contributed by atoms with Gasteiger partial charge in [0.25, 0.3) is 0 Å². The smallest absolute Gasteiger partial charge is 0.126 e. The number of benzene rings is 1. The van der Waals surface area contributed by atoms with Crippen LogP contribution in [0.2, 0.25) is 0 Å². The van der Waals surface area contributed by atoms with Crippen molar-refractivity contribution in [2.24, 2.45) is 0 Å². The molecule has 120 valence electrons. The topological polar surface area (TPSA) is 15.3 Å². The Morgan fingerprint density at radius 3 is 2.29 bits per heavy atom. The first kappa shape index (κ1) is 18.1. The third kappa shape index (κ3) is 4.27. The monoisotopic (exact) mass is 294 g/mol. The van der Waals surface area contributed by atoms with E-state index in [0.29, 0.717) is 5.56 Å². The van der Waals surface area contributed by atoms with Crippen LogP contribution in [0.5, 0.6) is 0 Å². The van der Waals surface area contributed by atoms with Gasteiger partial charge in [-0.1, -0.05) is 32.9 Å². The van der Waals surface area contributed by atoms with Crippen molar-refractivity contribution in [3.05, 3.63) is 35.1 Å². The maximum atomic E-state index is 14.0. The highest BCUT2D eigenvalue weighted by atomic mass is 19.1. The third-order valence-electron chi connectivity index (χ3n) is 4.41. The van der Waals surface area contributed by atoms with Crippen LogP contribution in [-0.4, -0.2) is 30.1 Å². The van der Waals surface area contributed by atoms with Crippen molar-refractivity contribution < 1.29 is 4.39 Å². The van der Waals surface area contributed by atoms with Gasteiger partial charge in [-0.15, -0.1) is 0 Å². The minimum atomic E-state index is -0.119. The molecule has 0 aliphatic rings. The van der Waals surface area contributed by atoms with Crippen molar-refractivity contribution in [1.29, 1.82) is 0 Å². The van der Waals surface area contributed by atoms with Crippen LogP contribution in [-0.2, 0) is 0 Å². The summed E-state index contributed by atoms with van der Waals surface area (Å²) in [6, 6.07) is 5.74. The van der Waals surface area contributed by atoms with Gasteiger partial charge >= 0.3 is 0 Å². The van der Waals surface area contributed by atoms with Crippen LogP contribution in [0.4, 0.5) is 4.39 Å². The summed E-state index contributed by atoms with van der Waals surface area (Å²) in [4.78, 5) is 2.43. The number of likely N-dealkylation sites (N-methyl/N-ethyl adjacent to an activating group) is 1. The second-order valence-electron chi connectivity index (χ2n) is 6.22. The summed E-state index contributed by atoms with van der Waals surface area (Å²) in [7, 11) is 0. The van der Waals surface area contributed by atoms with Gasteiger partial charge in [0.15, 0.2) is 0 Å². The minimum Gasteiger partial charge on any atom is -0.308 e. The van der Waals surface area contributed by atoms with Crippen LogP contribution < -0.4 is 5.32 Å². The Labute approximate surface area is 129 Å². The molecule has 0 saturated heterocycles. The molecule has 1 aromatic rings. The van der Waals surface area contributed by atoms with Gasteiger partial charge in [-0.05, 0) is 64.0 Å². The maximum absolute atomic E-state index is 14.0. The van der Waals surface area contributed by atoms with Crippen LogP contribution in [0.1, 0.15) is 58.2 Å². The SMILES string of the molecule is CCCNC(c1ccc(C)c(F)c1)C(C)(C)N(CC)CC. The predicted octanol–water partition coefficient (Wildman–Crippen LogP) is 4.30. The van der Waals surface area contributed by atoms with Gasteiger partial charge < -0.3 is 5.32 Å². The molecule has 1 N–H and O–H groups in total. The molecule has 0 heterocycles. The van der Waals surface area contributed by atoms with Crippen LogP contribution in [0.15, 0.2) is 18.2 Å². The maximum Gasteiger partial charge on any atom is 0.126 e. The second-order valence-corrected chi connectivity index (χ2v) is 6.22. The Morgan fingerprint density at radius 1 is 1.19 bits per heavy atom. The van der Waals surface area contributed by atoms with E-state index in [0.717, 1.165) is 31.6 Å². The fraction of sp³-hybridized carbons (Fsp3) is 0.667. The van der Waals surface area contributed by atoms with Crippen LogP contribution in [0, 0.1) is 12.7 Å². The van der Waals surface area contributed by atoms with Gasteiger partial charge in [-0.3, -0.25) is 4.90 Å². The number of aryl methyl sites for hydroxylation is 1. The predicted molar refractivity (Wildman–Crippen MR) is 89.2 cm³/mol. The van der Waals surface area contributed by atoms with Gasteiger partial charge in [0.2, 0.25) is 0 Å². The molecule has 0 radical (unpaired) electrons. The van der Waals surface area contributed by atoms with Crippen LogP contribution in [0.3, 0.4) is 0 Å². The highest BCUT2D eigenvalue weighted by Gasteiger charge is 2.34. The summed E-state index contributed by atoms with van der Waals surface area (Å²) in [6.07, 6.45) is 1.07. The fourth-order valence-electron chi connectivity index (χ4n) is 3.07. The number of halogens is 1. The molecular weight excluding hydrogens is 263 g/mol. The summed E-state index contributed by atoms with van der Waals surface area (Å²) in [5.41, 5.74) is 1.66. The standard InChI is InChI=1S/C18H31FN2/c1-7-12-20-17(18(5,6)21(8-2)9-3)15-11-10-14(4)16(19)13-15/h10-11,13,17,20H,7-9,12H2,1-6H3. The van der Waals surface area contributed by atoms with E-state index >= 15 is 0 Å². The van der Waals surface area contributed by atoms with Gasteiger partial charge in [-0.25, -0.2) is 4.39 Å². The van der Waals surface area contributed by atoms with Gasteiger partial charge in [0.05, 0.1) is 6.04 Å². The fourth-order valence-corrected chi connectivity index (χ4v) is 3.07. The van der Waals surface area contributed by atoms with Crippen molar-refractivity contribution in [2.75, 3.05) is 19.6 Å². The Balaban J connectivity index is 3.17. The number of nitrogens with one attached hydrogen (secondary N) is 1. The average molecular weight is 294 g/mol. The van der Waals surface area contributed by atoms with E-state index in [9.17, 15) is 4.39 Å². The van der Waals surface area contributed by atoms with Gasteiger partial charge in [0.1, 0.15) is 5.82 Å². The summed E-state index contributed by atoms with van der Waals surface area (Å²) in [5, 5.41) is 3.61. The molecule has 0 spiro atoms. The number of hydrogen-bond donors (Lipinski definition) is 1. The molecule has 0 aromatic heterocycles. The van der Waals surface area contributed by atoms with E-state index in [1.165, 1.54) is 0 Å². The Morgan fingerprint density at radius 2 is 1.81 bits per heavy atom. The van der Waals surface area contributed by atoms with Gasteiger partial charge in [0, 0.05) is 5.54 Å². The van der Waals surface area contributed by atoms with Crippen LogP contribution >= 0.6 is 0 Å². The van der Waals surface area contributed by atoms with E-state index in [2.05, 4.69) is 50.9 Å². The number of nitrogens with zero attached hydrogens (tertiary/aromatic N) is 1. The Hall–Kier alpha value is -0.930. The minimum absolute atomic E-state index is 0.0691. The Bertz CT molecular complexity index is 439. The lowest BCUT2D eigenvalue weighted by Gasteiger charge is -2.44. The molecule has 0 fully saturated rings. The first-order valence-electron chi connectivity index (χ1n) is 8.12. The number of hydrogen-bond acceptors (Lipinski definition) is 2. The molecule has 0 amide bonds. The van der Waals surface area contributed by atoms with Crippen molar-refractivity contribution in [3.8, 4) is 0 Å². The first-order valence-corrected chi connectivity index (χ1v) is 8.12. The van der Waals surface area contributed by atoms with E-state index < -0.39 is 0 Å². The molecular formula is C18H31FN2. The molecule has 0 saturated carbocycles. The molecule has 3 heteroatoms. The highest BCUT2D eigenvalue weighted by Crippen LogP contribution is 2.31. The van der Waals surface area contributed by atoms with E-state index in [-0.39, 0.29) is 17.4 Å². The molecule has 1 atom stereocenters. The van der Waals surface area contributed by atoms with Gasteiger partial charge in [-0.2, -0.15) is 0 Å². The lowest BCUT2D eigenvalue weighted by molar-refractivity contribution is 0.0910. The molecule has 2 nitrogen and oxygen atoms in total. The zero-order chi connectivity index (χ0) is 16.0. The summed E-state index contributed by atoms with van der Waals surface area (Å²) >= 11 is 0. The van der Waals surface area contributed by atoms with E-state index in [1.807, 2.05) is 13.0 Å². The molecule has 1 aromatic carbocycles. The van der Waals surface area contributed by atoms with E-state index in [1.54, 1.807) is 6.07 Å². The molecule has 0 aliphatic carbocycles. The quantitative estimate of drug-likeness (QED) is 0.769. The number of rotatable bonds is 8. The molecule has 1 unspecified atom stereocenters. The normalized spacial score (nSPS) is 13.7. The molecule has 0 aliphatic heterocycles. The largest absolute Gasteiger partial charge is 0.308 e. The van der Waals surface area contributed by atoms with Crippen molar-refractivity contribution in [1.82, 2.24) is 10.2 Å². The highest BCUT2D eigenvalue weighted by molar-refractivity contribution is 5.28. The van der Waals surface area contributed by atoms with Crippen LogP contribution in [0.25, 0.3) is 0 Å².